The van der Waals surface area contributed by atoms with E-state index in [1.165, 1.54) is 0 Å². The number of fused-ring (bicyclic) bond motifs is 1. The lowest BCUT2D eigenvalue weighted by atomic mass is 10.1. The first-order chi connectivity index (χ1) is 13.3. The third-order valence-electron chi connectivity index (χ3n) is 4.29. The number of pyridine rings is 1. The van der Waals surface area contributed by atoms with E-state index >= 15 is 0 Å². The highest BCUT2D eigenvalue weighted by Gasteiger charge is 2.07. The number of carbonyl (C=O) groups excluding carboxylic acids is 1. The van der Waals surface area contributed by atoms with Crippen LogP contribution in [0.5, 0.6) is 0 Å². The molecule has 0 spiro atoms. The SMILES string of the molecule is O=C(Nc1cccc(/C=C/c2ccccn2)c1)c1ccc2ccccc2c1. The first kappa shape index (κ1) is 16.7. The van der Waals surface area contributed by atoms with Crippen molar-refractivity contribution in [3.05, 3.63) is 108 Å². The van der Waals surface area contributed by atoms with Gasteiger partial charge in [-0.25, -0.2) is 0 Å². The van der Waals surface area contributed by atoms with Gasteiger partial charge < -0.3 is 5.32 Å². The second-order valence-corrected chi connectivity index (χ2v) is 6.23. The third kappa shape index (κ3) is 4.10. The molecule has 1 heterocycles. The maximum atomic E-state index is 12.6. The average Bonchev–Trinajstić information content (AvgIpc) is 2.73. The van der Waals surface area contributed by atoms with Gasteiger partial charge in [0.2, 0.25) is 0 Å². The Kier molecular flexibility index (Phi) is 4.75. The van der Waals surface area contributed by atoms with E-state index < -0.39 is 0 Å². The highest BCUT2D eigenvalue weighted by molar-refractivity contribution is 6.06. The van der Waals surface area contributed by atoms with Gasteiger partial charge in [0.15, 0.2) is 0 Å². The van der Waals surface area contributed by atoms with E-state index in [1.54, 1.807) is 6.20 Å². The van der Waals surface area contributed by atoms with Crippen LogP contribution in [-0.4, -0.2) is 10.9 Å². The molecule has 0 fully saturated rings. The van der Waals surface area contributed by atoms with E-state index in [4.69, 9.17) is 0 Å². The van der Waals surface area contributed by atoms with Crippen LogP contribution in [0.3, 0.4) is 0 Å². The lowest BCUT2D eigenvalue weighted by Crippen LogP contribution is -2.11. The van der Waals surface area contributed by atoms with E-state index in [9.17, 15) is 4.79 Å². The molecule has 0 aliphatic carbocycles. The molecule has 0 bridgehead atoms. The van der Waals surface area contributed by atoms with Gasteiger partial charge in [-0.15, -0.1) is 0 Å². The molecule has 0 saturated carbocycles. The summed E-state index contributed by atoms with van der Waals surface area (Å²) < 4.78 is 0. The predicted octanol–water partition coefficient (Wildman–Crippen LogP) is 5.66. The van der Waals surface area contributed by atoms with E-state index in [0.29, 0.717) is 5.56 Å². The van der Waals surface area contributed by atoms with Crippen molar-refractivity contribution in [1.29, 1.82) is 0 Å². The largest absolute Gasteiger partial charge is 0.322 e. The summed E-state index contributed by atoms with van der Waals surface area (Å²) in [6.07, 6.45) is 5.69. The first-order valence-electron chi connectivity index (χ1n) is 8.77. The van der Waals surface area contributed by atoms with Gasteiger partial charge in [-0.1, -0.05) is 54.6 Å². The van der Waals surface area contributed by atoms with Crippen LogP contribution in [0, 0.1) is 0 Å². The molecule has 0 aliphatic heterocycles. The zero-order chi connectivity index (χ0) is 18.5. The Morgan fingerprint density at radius 3 is 2.48 bits per heavy atom. The predicted molar refractivity (Wildman–Crippen MR) is 112 cm³/mol. The fourth-order valence-electron chi connectivity index (χ4n) is 2.91. The van der Waals surface area contributed by atoms with Crippen molar-refractivity contribution < 1.29 is 4.79 Å². The molecule has 3 heteroatoms. The van der Waals surface area contributed by atoms with Crippen molar-refractivity contribution in [3.63, 3.8) is 0 Å². The van der Waals surface area contributed by atoms with Crippen molar-refractivity contribution in [1.82, 2.24) is 4.98 Å². The van der Waals surface area contributed by atoms with E-state index in [-0.39, 0.29) is 5.91 Å². The summed E-state index contributed by atoms with van der Waals surface area (Å²) in [5.41, 5.74) is 3.29. The van der Waals surface area contributed by atoms with Crippen LogP contribution >= 0.6 is 0 Å². The quantitative estimate of drug-likeness (QED) is 0.516. The Hall–Kier alpha value is -3.72. The van der Waals surface area contributed by atoms with Gasteiger partial charge in [-0.05, 0) is 58.8 Å². The van der Waals surface area contributed by atoms with E-state index in [0.717, 1.165) is 27.7 Å². The van der Waals surface area contributed by atoms with Crippen molar-refractivity contribution in [2.75, 3.05) is 5.32 Å². The first-order valence-corrected chi connectivity index (χ1v) is 8.77. The summed E-state index contributed by atoms with van der Waals surface area (Å²) in [6, 6.07) is 27.3. The maximum absolute atomic E-state index is 12.6. The molecule has 1 aromatic heterocycles. The summed E-state index contributed by atoms with van der Waals surface area (Å²) >= 11 is 0. The second kappa shape index (κ2) is 7.67. The summed E-state index contributed by atoms with van der Waals surface area (Å²) in [5, 5.41) is 5.15. The minimum atomic E-state index is -0.119. The number of hydrogen-bond donors (Lipinski definition) is 1. The van der Waals surface area contributed by atoms with Crippen molar-refractivity contribution in [2.45, 2.75) is 0 Å². The van der Waals surface area contributed by atoms with Crippen LogP contribution < -0.4 is 5.32 Å². The van der Waals surface area contributed by atoms with Crippen LogP contribution in [0.15, 0.2) is 91.1 Å². The molecule has 4 aromatic rings. The fourth-order valence-corrected chi connectivity index (χ4v) is 2.91. The topological polar surface area (TPSA) is 42.0 Å². The normalized spacial score (nSPS) is 11.0. The number of hydrogen-bond acceptors (Lipinski definition) is 2. The van der Waals surface area contributed by atoms with Crippen LogP contribution in [0.4, 0.5) is 5.69 Å². The van der Waals surface area contributed by atoms with Crippen molar-refractivity contribution >= 4 is 34.5 Å². The summed E-state index contributed by atoms with van der Waals surface area (Å²) in [6.45, 7) is 0. The molecule has 1 amide bonds. The smallest absolute Gasteiger partial charge is 0.255 e. The fraction of sp³-hybridized carbons (Fsp3) is 0. The molecule has 1 N–H and O–H groups in total. The van der Waals surface area contributed by atoms with Crippen LogP contribution in [-0.2, 0) is 0 Å². The van der Waals surface area contributed by atoms with Crippen LogP contribution in [0.25, 0.3) is 22.9 Å². The van der Waals surface area contributed by atoms with Gasteiger partial charge in [0.1, 0.15) is 0 Å². The van der Waals surface area contributed by atoms with E-state index in [2.05, 4.69) is 10.3 Å². The molecule has 0 saturated heterocycles. The summed E-state index contributed by atoms with van der Waals surface area (Å²) in [5.74, 6) is -0.119. The van der Waals surface area contributed by atoms with Gasteiger partial charge >= 0.3 is 0 Å². The maximum Gasteiger partial charge on any atom is 0.255 e. The summed E-state index contributed by atoms with van der Waals surface area (Å²) in [4.78, 5) is 16.9. The number of amides is 1. The average molecular weight is 350 g/mol. The number of anilines is 1. The Labute approximate surface area is 158 Å². The zero-order valence-electron chi connectivity index (χ0n) is 14.7. The summed E-state index contributed by atoms with van der Waals surface area (Å²) in [7, 11) is 0. The molecular formula is C24H18N2O. The molecule has 0 unspecified atom stereocenters. The van der Waals surface area contributed by atoms with Crippen LogP contribution in [0.2, 0.25) is 0 Å². The molecule has 3 aromatic carbocycles. The number of carbonyl (C=O) groups is 1. The van der Waals surface area contributed by atoms with Gasteiger partial charge in [0.05, 0.1) is 5.69 Å². The molecule has 0 atom stereocenters. The highest BCUT2D eigenvalue weighted by Crippen LogP contribution is 2.18. The molecule has 130 valence electrons. The standard InChI is InChI=1S/C24H18N2O/c27-24(21-13-12-19-7-1-2-8-20(19)17-21)26-23-10-5-6-18(16-23)11-14-22-9-3-4-15-25-22/h1-17H,(H,26,27)/b14-11+. The molecule has 0 aliphatic rings. The Morgan fingerprint density at radius 2 is 1.63 bits per heavy atom. The molecule has 27 heavy (non-hydrogen) atoms. The number of benzene rings is 3. The van der Waals surface area contributed by atoms with Crippen LogP contribution in [0.1, 0.15) is 21.6 Å². The Morgan fingerprint density at radius 1 is 0.778 bits per heavy atom. The van der Waals surface area contributed by atoms with Gasteiger partial charge in [0.25, 0.3) is 5.91 Å². The lowest BCUT2D eigenvalue weighted by molar-refractivity contribution is 0.102. The van der Waals surface area contributed by atoms with E-state index in [1.807, 2.05) is 97.1 Å². The Bertz CT molecular complexity index is 1120. The molecule has 3 nitrogen and oxygen atoms in total. The van der Waals surface area contributed by atoms with Gasteiger partial charge in [0, 0.05) is 17.4 Å². The van der Waals surface area contributed by atoms with Gasteiger partial charge in [-0.3, -0.25) is 9.78 Å². The number of rotatable bonds is 4. The monoisotopic (exact) mass is 350 g/mol. The lowest BCUT2D eigenvalue weighted by Gasteiger charge is -2.07. The number of nitrogens with one attached hydrogen (secondary N) is 1. The second-order valence-electron chi connectivity index (χ2n) is 6.23. The molecular weight excluding hydrogens is 332 g/mol. The minimum Gasteiger partial charge on any atom is -0.322 e. The van der Waals surface area contributed by atoms with Crippen molar-refractivity contribution in [3.8, 4) is 0 Å². The molecule has 0 radical (unpaired) electrons. The van der Waals surface area contributed by atoms with Gasteiger partial charge in [-0.2, -0.15) is 0 Å². The highest BCUT2D eigenvalue weighted by atomic mass is 16.1. The Balaban J connectivity index is 1.51. The minimum absolute atomic E-state index is 0.119. The number of nitrogens with zero attached hydrogens (tertiary/aromatic N) is 1. The zero-order valence-corrected chi connectivity index (χ0v) is 14.7. The molecule has 4 rings (SSSR count). The third-order valence-corrected chi connectivity index (χ3v) is 4.29. The number of aromatic nitrogens is 1. The van der Waals surface area contributed by atoms with Crippen molar-refractivity contribution in [2.24, 2.45) is 0 Å².